The van der Waals surface area contributed by atoms with E-state index in [4.69, 9.17) is 9.47 Å². The predicted octanol–water partition coefficient (Wildman–Crippen LogP) is 6.61. The minimum atomic E-state index is -0.315. The Morgan fingerprint density at radius 3 is 2.54 bits per heavy atom. The standard InChI is InChI=1S/C30H31NO4/c1-17(2)29(33)35-24-13-11-19(14-25(24)34-5)26-21-12-10-18-8-6-7-9-20(18)28(21)31-22-15-30(3,4)16-23(32)27(22)26/h6-14,17,26,31H,15-16H2,1-5H3. The van der Waals surface area contributed by atoms with E-state index >= 15 is 0 Å². The number of nitrogens with one attached hydrogen (secondary N) is 1. The van der Waals surface area contributed by atoms with Crippen molar-refractivity contribution in [3.8, 4) is 11.5 Å². The summed E-state index contributed by atoms with van der Waals surface area (Å²) in [4.78, 5) is 25.8. The highest BCUT2D eigenvalue weighted by Gasteiger charge is 2.41. The van der Waals surface area contributed by atoms with E-state index in [0.717, 1.165) is 45.3 Å². The van der Waals surface area contributed by atoms with Crippen LogP contribution in [0.25, 0.3) is 10.8 Å². The first kappa shape index (κ1) is 23.2. The van der Waals surface area contributed by atoms with Crippen LogP contribution in [0.2, 0.25) is 0 Å². The van der Waals surface area contributed by atoms with Crippen LogP contribution >= 0.6 is 0 Å². The maximum Gasteiger partial charge on any atom is 0.313 e. The molecule has 3 aromatic carbocycles. The second kappa shape index (κ2) is 8.56. The number of methoxy groups -OCH3 is 1. The summed E-state index contributed by atoms with van der Waals surface area (Å²) in [7, 11) is 1.56. The van der Waals surface area contributed by atoms with Crippen LogP contribution in [0.3, 0.4) is 0 Å². The molecule has 0 amide bonds. The first-order chi connectivity index (χ1) is 16.7. The molecule has 1 heterocycles. The molecule has 5 heteroatoms. The Hall–Kier alpha value is -3.60. The fourth-order valence-electron chi connectivity index (χ4n) is 5.28. The third-order valence-corrected chi connectivity index (χ3v) is 6.96. The second-order valence-electron chi connectivity index (χ2n) is 10.6. The lowest BCUT2D eigenvalue weighted by Gasteiger charge is -2.40. The number of allylic oxidation sites excluding steroid dienone is 2. The van der Waals surface area contributed by atoms with Crippen molar-refractivity contribution in [1.29, 1.82) is 0 Å². The van der Waals surface area contributed by atoms with Gasteiger partial charge in [-0.15, -0.1) is 0 Å². The van der Waals surface area contributed by atoms with Crippen molar-refractivity contribution in [2.24, 2.45) is 11.3 Å². The molecule has 5 nitrogen and oxygen atoms in total. The monoisotopic (exact) mass is 469 g/mol. The molecule has 3 aromatic rings. The Balaban J connectivity index is 1.69. The Kier molecular flexibility index (Phi) is 5.66. The van der Waals surface area contributed by atoms with Gasteiger partial charge in [-0.3, -0.25) is 9.59 Å². The van der Waals surface area contributed by atoms with E-state index in [1.165, 1.54) is 0 Å². The predicted molar refractivity (Wildman–Crippen MR) is 138 cm³/mol. The van der Waals surface area contributed by atoms with Gasteiger partial charge in [0.25, 0.3) is 0 Å². The number of benzene rings is 3. The van der Waals surface area contributed by atoms with E-state index in [2.05, 4.69) is 43.4 Å². The number of ether oxygens (including phenoxy) is 2. The number of Topliss-reactive ketones (excluding diaryl/α,β-unsaturated/α-hetero) is 1. The molecule has 180 valence electrons. The number of rotatable bonds is 4. The molecule has 0 fully saturated rings. The van der Waals surface area contributed by atoms with Crippen LogP contribution in [0.1, 0.15) is 57.6 Å². The zero-order valence-corrected chi connectivity index (χ0v) is 20.9. The summed E-state index contributed by atoms with van der Waals surface area (Å²) in [6, 6.07) is 18.1. The smallest absolute Gasteiger partial charge is 0.313 e. The summed E-state index contributed by atoms with van der Waals surface area (Å²) >= 11 is 0. The van der Waals surface area contributed by atoms with Crippen molar-refractivity contribution in [2.75, 3.05) is 12.4 Å². The van der Waals surface area contributed by atoms with E-state index in [0.29, 0.717) is 17.9 Å². The molecule has 1 aliphatic heterocycles. The lowest BCUT2D eigenvalue weighted by molar-refractivity contribution is -0.137. The molecule has 0 radical (unpaired) electrons. The third kappa shape index (κ3) is 4.09. The summed E-state index contributed by atoms with van der Waals surface area (Å²) in [5.74, 6) is 0.223. The Bertz CT molecular complexity index is 1380. The first-order valence-electron chi connectivity index (χ1n) is 12.1. The molecule has 1 aliphatic carbocycles. The molecule has 0 spiro atoms. The Labute approximate surface area is 206 Å². The quantitative estimate of drug-likeness (QED) is 0.344. The maximum atomic E-state index is 13.5. The summed E-state index contributed by atoms with van der Waals surface area (Å²) in [6.45, 7) is 7.88. The van der Waals surface area contributed by atoms with Gasteiger partial charge in [0.2, 0.25) is 0 Å². The van der Waals surface area contributed by atoms with Crippen LogP contribution in [0, 0.1) is 11.3 Å². The highest BCUT2D eigenvalue weighted by Crippen LogP contribution is 2.51. The van der Waals surface area contributed by atoms with E-state index in [-0.39, 0.29) is 29.0 Å². The topological polar surface area (TPSA) is 64.6 Å². The van der Waals surface area contributed by atoms with Crippen molar-refractivity contribution in [1.82, 2.24) is 0 Å². The fourth-order valence-corrected chi connectivity index (χ4v) is 5.28. The Morgan fingerprint density at radius 2 is 1.80 bits per heavy atom. The number of esters is 1. The number of ketones is 1. The van der Waals surface area contributed by atoms with Crippen molar-refractivity contribution in [3.05, 3.63) is 77.0 Å². The van der Waals surface area contributed by atoms with Gasteiger partial charge < -0.3 is 14.8 Å². The number of carbonyl (C=O) groups excluding carboxylic acids is 2. The number of anilines is 1. The fraction of sp³-hybridized carbons (Fsp3) is 0.333. The van der Waals surface area contributed by atoms with E-state index in [9.17, 15) is 9.59 Å². The van der Waals surface area contributed by atoms with Crippen molar-refractivity contribution in [2.45, 2.75) is 46.5 Å². The average molecular weight is 470 g/mol. The number of fused-ring (bicyclic) bond motifs is 3. The van der Waals surface area contributed by atoms with Crippen molar-refractivity contribution < 1.29 is 19.1 Å². The summed E-state index contributed by atoms with van der Waals surface area (Å²) in [6.07, 6.45) is 1.31. The van der Waals surface area contributed by atoms with Crippen molar-refractivity contribution in [3.63, 3.8) is 0 Å². The Morgan fingerprint density at radius 1 is 1.03 bits per heavy atom. The average Bonchev–Trinajstić information content (AvgIpc) is 2.82. The molecule has 0 saturated heterocycles. The minimum Gasteiger partial charge on any atom is -0.493 e. The SMILES string of the molecule is COc1cc(C2C3=C(CC(C)(C)CC3=O)Nc3c2ccc2ccccc32)ccc1OC(=O)C(C)C. The largest absolute Gasteiger partial charge is 0.493 e. The number of carbonyl (C=O) groups is 2. The number of hydrogen-bond acceptors (Lipinski definition) is 5. The number of hydrogen-bond donors (Lipinski definition) is 1. The summed E-state index contributed by atoms with van der Waals surface area (Å²) in [5.41, 5.74) is 4.75. The first-order valence-corrected chi connectivity index (χ1v) is 12.1. The lowest BCUT2D eigenvalue weighted by Crippen LogP contribution is -2.33. The highest BCUT2D eigenvalue weighted by molar-refractivity contribution is 6.05. The van der Waals surface area contributed by atoms with Gasteiger partial charge in [-0.25, -0.2) is 0 Å². The molecule has 35 heavy (non-hydrogen) atoms. The molecule has 1 unspecified atom stereocenters. The van der Waals surface area contributed by atoms with Crippen LogP contribution in [0.5, 0.6) is 11.5 Å². The molecule has 0 saturated carbocycles. The van der Waals surface area contributed by atoms with Gasteiger partial charge in [0, 0.05) is 29.0 Å². The zero-order valence-electron chi connectivity index (χ0n) is 20.9. The molecule has 5 rings (SSSR count). The normalized spacial score (nSPS) is 18.7. The second-order valence-corrected chi connectivity index (χ2v) is 10.6. The molecule has 0 bridgehead atoms. The van der Waals surface area contributed by atoms with Crippen LogP contribution in [0.4, 0.5) is 5.69 Å². The van der Waals surface area contributed by atoms with E-state index in [1.807, 2.05) is 24.3 Å². The summed E-state index contributed by atoms with van der Waals surface area (Å²) in [5, 5.41) is 5.95. The lowest BCUT2D eigenvalue weighted by atomic mass is 9.68. The van der Waals surface area contributed by atoms with Gasteiger partial charge >= 0.3 is 5.97 Å². The van der Waals surface area contributed by atoms with Gasteiger partial charge in [0.1, 0.15) is 0 Å². The highest BCUT2D eigenvalue weighted by atomic mass is 16.6. The molecule has 1 atom stereocenters. The van der Waals surface area contributed by atoms with Crippen molar-refractivity contribution >= 4 is 28.2 Å². The molecule has 1 N–H and O–H groups in total. The third-order valence-electron chi connectivity index (χ3n) is 6.96. The van der Waals surface area contributed by atoms with Gasteiger partial charge in [0.05, 0.1) is 18.7 Å². The maximum absolute atomic E-state index is 13.5. The van der Waals surface area contributed by atoms with Crippen LogP contribution < -0.4 is 14.8 Å². The zero-order chi connectivity index (χ0) is 24.9. The van der Waals surface area contributed by atoms with Crippen LogP contribution in [0.15, 0.2) is 65.9 Å². The van der Waals surface area contributed by atoms with E-state index in [1.54, 1.807) is 27.0 Å². The van der Waals surface area contributed by atoms with Gasteiger partial charge in [-0.05, 0) is 40.5 Å². The molecular formula is C30H31NO4. The molecular weight excluding hydrogens is 438 g/mol. The van der Waals surface area contributed by atoms with Crippen LogP contribution in [-0.4, -0.2) is 18.9 Å². The van der Waals surface area contributed by atoms with Gasteiger partial charge in [-0.2, -0.15) is 0 Å². The minimum absolute atomic E-state index is 0.109. The van der Waals surface area contributed by atoms with Crippen LogP contribution in [-0.2, 0) is 9.59 Å². The van der Waals surface area contributed by atoms with Gasteiger partial charge in [0.15, 0.2) is 17.3 Å². The molecule has 2 aliphatic rings. The van der Waals surface area contributed by atoms with E-state index < -0.39 is 0 Å². The summed E-state index contributed by atoms with van der Waals surface area (Å²) < 4.78 is 11.2. The molecule has 0 aromatic heterocycles. The van der Waals surface area contributed by atoms with Gasteiger partial charge in [-0.1, -0.05) is 70.2 Å².